The van der Waals surface area contributed by atoms with E-state index in [9.17, 15) is 5.11 Å². The third-order valence-corrected chi connectivity index (χ3v) is 4.47. The van der Waals surface area contributed by atoms with Crippen molar-refractivity contribution in [2.45, 2.75) is 70.4 Å². The summed E-state index contributed by atoms with van der Waals surface area (Å²) < 4.78 is 0. The molecule has 1 fully saturated rings. The lowest BCUT2D eigenvalue weighted by molar-refractivity contribution is 0.144. The van der Waals surface area contributed by atoms with Crippen molar-refractivity contribution in [1.29, 1.82) is 0 Å². The van der Waals surface area contributed by atoms with E-state index >= 15 is 0 Å². The lowest BCUT2D eigenvalue weighted by atomic mass is 9.91. The Kier molecular flexibility index (Phi) is 7.20. The first-order valence-corrected chi connectivity index (χ1v) is 7.75. The number of aliphatic hydroxyl groups excluding tert-OH is 1. The van der Waals surface area contributed by atoms with E-state index in [4.69, 9.17) is 0 Å². The topological polar surface area (TPSA) is 35.5 Å². The molecule has 1 rings (SSSR count). The minimum Gasteiger partial charge on any atom is -0.394 e. The van der Waals surface area contributed by atoms with Crippen molar-refractivity contribution in [3.8, 4) is 0 Å². The van der Waals surface area contributed by atoms with Crippen molar-refractivity contribution in [3.05, 3.63) is 0 Å². The van der Waals surface area contributed by atoms with Gasteiger partial charge in [-0.05, 0) is 58.7 Å². The molecular weight excluding hydrogens is 224 g/mol. The van der Waals surface area contributed by atoms with Gasteiger partial charge in [0.15, 0.2) is 0 Å². The fourth-order valence-electron chi connectivity index (χ4n) is 2.65. The molecule has 2 N–H and O–H groups in total. The highest BCUT2D eigenvalue weighted by Gasteiger charge is 2.29. The van der Waals surface area contributed by atoms with Crippen LogP contribution in [0.15, 0.2) is 0 Å². The molecule has 3 nitrogen and oxygen atoms in total. The van der Waals surface area contributed by atoms with Gasteiger partial charge in [-0.25, -0.2) is 0 Å². The molecule has 1 atom stereocenters. The number of hydrogen-bond donors (Lipinski definition) is 2. The van der Waals surface area contributed by atoms with Gasteiger partial charge in [0.05, 0.1) is 6.61 Å². The molecule has 18 heavy (non-hydrogen) atoms. The Balaban J connectivity index is 2.28. The molecule has 0 aromatic heterocycles. The van der Waals surface area contributed by atoms with E-state index in [-0.39, 0.29) is 12.1 Å². The number of aliphatic hydroxyl groups is 1. The Morgan fingerprint density at radius 2 is 1.89 bits per heavy atom. The first-order chi connectivity index (χ1) is 8.71. The summed E-state index contributed by atoms with van der Waals surface area (Å²) in [6.45, 7) is 7.13. The number of unbranched alkanes of at least 4 members (excludes halogenated alkanes) is 1. The Hall–Kier alpha value is -0.120. The molecule has 1 aliphatic carbocycles. The molecule has 0 aromatic rings. The van der Waals surface area contributed by atoms with Crippen molar-refractivity contribution < 1.29 is 5.11 Å². The van der Waals surface area contributed by atoms with Crippen LogP contribution in [-0.2, 0) is 0 Å². The lowest BCUT2D eigenvalue weighted by Gasteiger charge is -2.31. The highest BCUT2D eigenvalue weighted by molar-refractivity contribution is 4.87. The molecule has 0 saturated heterocycles. The maximum atomic E-state index is 9.53. The van der Waals surface area contributed by atoms with E-state index in [0.717, 1.165) is 18.9 Å². The average Bonchev–Trinajstić information content (AvgIpc) is 3.23. The molecule has 1 aliphatic rings. The van der Waals surface area contributed by atoms with Crippen LogP contribution >= 0.6 is 0 Å². The fraction of sp³-hybridized carbons (Fsp3) is 1.00. The minimum absolute atomic E-state index is 0.0556. The molecule has 0 spiro atoms. The summed E-state index contributed by atoms with van der Waals surface area (Å²) in [7, 11) is 1.97. The van der Waals surface area contributed by atoms with Gasteiger partial charge in [-0.1, -0.05) is 20.3 Å². The zero-order valence-corrected chi connectivity index (χ0v) is 12.5. The second-order valence-corrected chi connectivity index (χ2v) is 5.77. The number of nitrogens with zero attached hydrogens (tertiary/aromatic N) is 1. The molecule has 0 radical (unpaired) electrons. The monoisotopic (exact) mass is 256 g/mol. The van der Waals surface area contributed by atoms with E-state index < -0.39 is 0 Å². The van der Waals surface area contributed by atoms with Crippen LogP contribution < -0.4 is 5.32 Å². The SMILES string of the molecule is CCCCN(CCCC(CC)(CO)NC)C1CC1. The molecule has 0 aromatic carbocycles. The number of hydrogen-bond acceptors (Lipinski definition) is 3. The van der Waals surface area contributed by atoms with Crippen LogP contribution in [0.4, 0.5) is 0 Å². The predicted octanol–water partition coefficient (Wildman–Crippen LogP) is 2.39. The van der Waals surface area contributed by atoms with Crippen molar-refractivity contribution in [1.82, 2.24) is 10.2 Å². The second-order valence-electron chi connectivity index (χ2n) is 5.77. The molecule has 0 bridgehead atoms. The number of likely N-dealkylation sites (N-methyl/N-ethyl adjacent to an activating group) is 1. The fourth-order valence-corrected chi connectivity index (χ4v) is 2.65. The summed E-state index contributed by atoms with van der Waals surface area (Å²) in [6.07, 6.45) is 8.67. The molecule has 0 amide bonds. The van der Waals surface area contributed by atoms with Crippen molar-refractivity contribution in [2.75, 3.05) is 26.7 Å². The average molecular weight is 256 g/mol. The first-order valence-electron chi connectivity index (χ1n) is 7.75. The van der Waals surface area contributed by atoms with Gasteiger partial charge >= 0.3 is 0 Å². The van der Waals surface area contributed by atoms with Gasteiger partial charge in [0, 0.05) is 11.6 Å². The normalized spacial score (nSPS) is 19.2. The lowest BCUT2D eigenvalue weighted by Crippen LogP contribution is -2.46. The molecule has 3 heteroatoms. The van der Waals surface area contributed by atoms with Gasteiger partial charge in [-0.15, -0.1) is 0 Å². The van der Waals surface area contributed by atoms with Crippen molar-refractivity contribution in [3.63, 3.8) is 0 Å². The van der Waals surface area contributed by atoms with Gasteiger partial charge < -0.3 is 15.3 Å². The van der Waals surface area contributed by atoms with Crippen LogP contribution in [0.1, 0.15) is 58.8 Å². The van der Waals surface area contributed by atoms with Crippen LogP contribution in [0, 0.1) is 0 Å². The number of nitrogens with one attached hydrogen (secondary N) is 1. The van der Waals surface area contributed by atoms with Crippen LogP contribution in [0.2, 0.25) is 0 Å². The summed E-state index contributed by atoms with van der Waals surface area (Å²) in [5.41, 5.74) is -0.0556. The Morgan fingerprint density at radius 1 is 1.22 bits per heavy atom. The molecule has 108 valence electrons. The molecular formula is C15H32N2O. The quantitative estimate of drug-likeness (QED) is 0.596. The van der Waals surface area contributed by atoms with Crippen molar-refractivity contribution in [2.24, 2.45) is 0 Å². The Labute approximate surface area is 113 Å². The van der Waals surface area contributed by atoms with Crippen molar-refractivity contribution >= 4 is 0 Å². The highest BCUT2D eigenvalue weighted by Crippen LogP contribution is 2.28. The Morgan fingerprint density at radius 3 is 2.33 bits per heavy atom. The van der Waals surface area contributed by atoms with Crippen LogP contribution in [0.3, 0.4) is 0 Å². The standard InChI is InChI=1S/C15H32N2O/c1-4-6-11-17(14-8-9-14)12-7-10-15(5-2,13-18)16-3/h14,16,18H,4-13H2,1-3H3. The molecule has 0 heterocycles. The predicted molar refractivity (Wildman–Crippen MR) is 77.9 cm³/mol. The van der Waals surface area contributed by atoms with Gasteiger partial charge in [-0.2, -0.15) is 0 Å². The maximum Gasteiger partial charge on any atom is 0.0613 e. The van der Waals surface area contributed by atoms with Gasteiger partial charge in [-0.3, -0.25) is 0 Å². The van der Waals surface area contributed by atoms with Crippen LogP contribution in [-0.4, -0.2) is 48.3 Å². The number of rotatable bonds is 11. The minimum atomic E-state index is -0.0556. The van der Waals surface area contributed by atoms with Crippen LogP contribution in [0.25, 0.3) is 0 Å². The first kappa shape index (κ1) is 15.9. The molecule has 1 saturated carbocycles. The summed E-state index contributed by atoms with van der Waals surface area (Å²) in [5, 5.41) is 12.8. The van der Waals surface area contributed by atoms with E-state index in [1.807, 2.05) is 7.05 Å². The van der Waals surface area contributed by atoms with Crippen LogP contribution in [0.5, 0.6) is 0 Å². The third-order valence-electron chi connectivity index (χ3n) is 4.47. The van der Waals surface area contributed by atoms with E-state index in [1.54, 1.807) is 0 Å². The van der Waals surface area contributed by atoms with E-state index in [2.05, 4.69) is 24.1 Å². The third kappa shape index (κ3) is 4.87. The Bertz CT molecular complexity index is 204. The molecule has 1 unspecified atom stereocenters. The van der Waals surface area contributed by atoms with E-state index in [1.165, 1.54) is 45.2 Å². The zero-order chi connectivity index (χ0) is 13.4. The van der Waals surface area contributed by atoms with Gasteiger partial charge in [0.1, 0.15) is 0 Å². The summed E-state index contributed by atoms with van der Waals surface area (Å²) >= 11 is 0. The zero-order valence-electron chi connectivity index (χ0n) is 12.5. The van der Waals surface area contributed by atoms with E-state index in [0.29, 0.717) is 0 Å². The maximum absolute atomic E-state index is 9.53. The summed E-state index contributed by atoms with van der Waals surface area (Å²) in [5.74, 6) is 0. The summed E-state index contributed by atoms with van der Waals surface area (Å²) in [6, 6.07) is 0.872. The smallest absolute Gasteiger partial charge is 0.0613 e. The molecule has 0 aliphatic heterocycles. The second kappa shape index (κ2) is 8.13. The van der Waals surface area contributed by atoms with Gasteiger partial charge in [0.25, 0.3) is 0 Å². The van der Waals surface area contributed by atoms with Gasteiger partial charge in [0.2, 0.25) is 0 Å². The highest BCUT2D eigenvalue weighted by atomic mass is 16.3. The largest absolute Gasteiger partial charge is 0.394 e. The summed E-state index contributed by atoms with van der Waals surface area (Å²) in [4.78, 5) is 2.66.